The van der Waals surface area contributed by atoms with Crippen molar-refractivity contribution in [2.24, 2.45) is 4.99 Å². The van der Waals surface area contributed by atoms with E-state index in [9.17, 15) is 4.39 Å². The standard InChI is InChI=1S/C16H24FN3/c1-18-15(19-2)20-12-16(9-4-3-5-10-16)13-7-6-8-14(17)11-13/h6-8,11H,3-5,9-10,12H2,1-2H3,(H2,18,19,20). The largest absolute Gasteiger partial charge is 0.359 e. The molecule has 1 saturated carbocycles. The zero-order valence-electron chi connectivity index (χ0n) is 12.4. The van der Waals surface area contributed by atoms with Crippen LogP contribution in [0.3, 0.4) is 0 Å². The molecule has 110 valence electrons. The molecule has 20 heavy (non-hydrogen) atoms. The zero-order chi connectivity index (χ0) is 14.4. The van der Waals surface area contributed by atoms with Crippen LogP contribution in [0.25, 0.3) is 0 Å². The summed E-state index contributed by atoms with van der Waals surface area (Å²) >= 11 is 0. The summed E-state index contributed by atoms with van der Waals surface area (Å²) in [5.74, 6) is 0.636. The van der Waals surface area contributed by atoms with E-state index in [2.05, 4.69) is 21.7 Å². The molecule has 0 atom stereocenters. The number of nitrogens with one attached hydrogen (secondary N) is 2. The Balaban J connectivity index is 2.21. The summed E-state index contributed by atoms with van der Waals surface area (Å²) in [4.78, 5) is 4.15. The molecule has 0 unspecified atom stereocenters. The predicted molar refractivity (Wildman–Crippen MR) is 81.6 cm³/mol. The molecule has 0 bridgehead atoms. The highest BCUT2D eigenvalue weighted by atomic mass is 19.1. The van der Waals surface area contributed by atoms with Gasteiger partial charge in [-0.2, -0.15) is 0 Å². The molecular formula is C16H24FN3. The van der Waals surface area contributed by atoms with Crippen molar-refractivity contribution >= 4 is 5.96 Å². The molecule has 0 saturated heterocycles. The summed E-state index contributed by atoms with van der Waals surface area (Å²) in [5, 5.41) is 6.40. The van der Waals surface area contributed by atoms with Gasteiger partial charge >= 0.3 is 0 Å². The predicted octanol–water partition coefficient (Wildman–Crippen LogP) is 2.82. The Morgan fingerprint density at radius 1 is 1.30 bits per heavy atom. The number of benzene rings is 1. The second kappa shape index (κ2) is 6.73. The van der Waals surface area contributed by atoms with Gasteiger partial charge in [0.1, 0.15) is 5.82 Å². The molecule has 1 aliphatic rings. The number of rotatable bonds is 3. The summed E-state index contributed by atoms with van der Waals surface area (Å²) in [7, 11) is 3.61. The molecule has 1 fully saturated rings. The Morgan fingerprint density at radius 2 is 2.05 bits per heavy atom. The van der Waals surface area contributed by atoms with Gasteiger partial charge in [0, 0.05) is 26.1 Å². The molecule has 2 N–H and O–H groups in total. The van der Waals surface area contributed by atoms with Crippen molar-refractivity contribution in [2.45, 2.75) is 37.5 Å². The van der Waals surface area contributed by atoms with Crippen LogP contribution >= 0.6 is 0 Å². The molecule has 0 amide bonds. The van der Waals surface area contributed by atoms with Gasteiger partial charge in [0.15, 0.2) is 5.96 Å². The maximum absolute atomic E-state index is 13.6. The second-order valence-corrected chi connectivity index (χ2v) is 5.53. The first kappa shape index (κ1) is 14.8. The number of nitrogens with zero attached hydrogens (tertiary/aromatic N) is 1. The Kier molecular flexibility index (Phi) is 4.99. The summed E-state index contributed by atoms with van der Waals surface area (Å²) in [5.41, 5.74) is 1.13. The molecular weight excluding hydrogens is 253 g/mol. The van der Waals surface area contributed by atoms with Crippen LogP contribution in [0, 0.1) is 5.82 Å². The summed E-state index contributed by atoms with van der Waals surface area (Å²) < 4.78 is 13.6. The Bertz CT molecular complexity index is 465. The number of hydrogen-bond donors (Lipinski definition) is 2. The molecule has 3 nitrogen and oxygen atoms in total. The van der Waals surface area contributed by atoms with Crippen molar-refractivity contribution in [1.29, 1.82) is 0 Å². The van der Waals surface area contributed by atoms with E-state index in [1.165, 1.54) is 25.3 Å². The van der Waals surface area contributed by atoms with Crippen molar-refractivity contribution in [3.8, 4) is 0 Å². The lowest BCUT2D eigenvalue weighted by Gasteiger charge is -2.38. The average molecular weight is 277 g/mol. The molecule has 0 aromatic heterocycles. The van der Waals surface area contributed by atoms with Crippen LogP contribution in [0.1, 0.15) is 37.7 Å². The van der Waals surface area contributed by atoms with E-state index >= 15 is 0 Å². The second-order valence-electron chi connectivity index (χ2n) is 5.53. The third kappa shape index (κ3) is 3.30. The average Bonchev–Trinajstić information content (AvgIpc) is 2.49. The first-order chi connectivity index (χ1) is 9.70. The lowest BCUT2D eigenvalue weighted by atomic mass is 9.69. The molecule has 1 aromatic rings. The number of guanidine groups is 1. The van der Waals surface area contributed by atoms with E-state index in [0.29, 0.717) is 0 Å². The highest BCUT2D eigenvalue weighted by Crippen LogP contribution is 2.39. The fourth-order valence-corrected chi connectivity index (χ4v) is 3.15. The minimum atomic E-state index is -0.148. The van der Waals surface area contributed by atoms with E-state index in [4.69, 9.17) is 0 Å². The number of aliphatic imine (C=N–C) groups is 1. The lowest BCUT2D eigenvalue weighted by molar-refractivity contribution is 0.290. The first-order valence-corrected chi connectivity index (χ1v) is 7.35. The van der Waals surface area contributed by atoms with Gasteiger partial charge in [-0.25, -0.2) is 4.39 Å². The van der Waals surface area contributed by atoms with E-state index in [1.54, 1.807) is 13.1 Å². The Hall–Kier alpha value is -1.58. The van der Waals surface area contributed by atoms with Crippen LogP contribution in [0.4, 0.5) is 4.39 Å². The van der Waals surface area contributed by atoms with Gasteiger partial charge in [-0.15, -0.1) is 0 Å². The fourth-order valence-electron chi connectivity index (χ4n) is 3.15. The minimum absolute atomic E-state index is 0.0210. The van der Waals surface area contributed by atoms with Crippen molar-refractivity contribution in [1.82, 2.24) is 10.6 Å². The molecule has 0 aliphatic heterocycles. The number of halogens is 1. The molecule has 4 heteroatoms. The quantitative estimate of drug-likeness (QED) is 0.658. The maximum Gasteiger partial charge on any atom is 0.190 e. The Morgan fingerprint density at radius 3 is 2.65 bits per heavy atom. The van der Waals surface area contributed by atoms with Gasteiger partial charge in [-0.05, 0) is 30.5 Å². The van der Waals surface area contributed by atoms with E-state index in [1.807, 2.05) is 13.1 Å². The lowest BCUT2D eigenvalue weighted by Crippen LogP contribution is -2.45. The molecule has 0 spiro atoms. The van der Waals surface area contributed by atoms with Gasteiger partial charge in [0.25, 0.3) is 0 Å². The zero-order valence-corrected chi connectivity index (χ0v) is 12.4. The van der Waals surface area contributed by atoms with Gasteiger partial charge in [0.05, 0.1) is 0 Å². The topological polar surface area (TPSA) is 36.4 Å². The van der Waals surface area contributed by atoms with Gasteiger partial charge < -0.3 is 10.6 Å². The van der Waals surface area contributed by atoms with Crippen LogP contribution in [-0.4, -0.2) is 26.6 Å². The highest BCUT2D eigenvalue weighted by molar-refractivity contribution is 5.79. The Labute approximate surface area is 120 Å². The summed E-state index contributed by atoms with van der Waals surface area (Å²) in [6.45, 7) is 0.796. The summed E-state index contributed by atoms with van der Waals surface area (Å²) in [6.07, 6.45) is 5.89. The maximum atomic E-state index is 13.6. The monoisotopic (exact) mass is 277 g/mol. The van der Waals surface area contributed by atoms with Crippen LogP contribution in [-0.2, 0) is 5.41 Å². The van der Waals surface area contributed by atoms with Crippen LogP contribution in [0.15, 0.2) is 29.3 Å². The minimum Gasteiger partial charge on any atom is -0.359 e. The van der Waals surface area contributed by atoms with Crippen LogP contribution in [0.2, 0.25) is 0 Å². The fraction of sp³-hybridized carbons (Fsp3) is 0.562. The molecule has 2 rings (SSSR count). The van der Waals surface area contributed by atoms with Crippen molar-refractivity contribution in [2.75, 3.05) is 20.6 Å². The van der Waals surface area contributed by atoms with Crippen molar-refractivity contribution in [3.05, 3.63) is 35.6 Å². The normalized spacial score (nSPS) is 18.6. The third-order valence-electron chi connectivity index (χ3n) is 4.30. The van der Waals surface area contributed by atoms with Gasteiger partial charge in [-0.3, -0.25) is 4.99 Å². The smallest absolute Gasteiger partial charge is 0.190 e. The molecule has 0 heterocycles. The molecule has 0 radical (unpaired) electrons. The van der Waals surface area contributed by atoms with Crippen molar-refractivity contribution in [3.63, 3.8) is 0 Å². The highest BCUT2D eigenvalue weighted by Gasteiger charge is 2.34. The molecule has 1 aliphatic carbocycles. The van der Waals surface area contributed by atoms with Crippen LogP contribution < -0.4 is 10.6 Å². The van der Waals surface area contributed by atoms with Crippen LogP contribution in [0.5, 0.6) is 0 Å². The first-order valence-electron chi connectivity index (χ1n) is 7.35. The SMILES string of the molecule is CN=C(NC)NCC1(c2cccc(F)c2)CCCCC1. The van der Waals surface area contributed by atoms with E-state index in [0.717, 1.165) is 30.9 Å². The summed E-state index contributed by atoms with van der Waals surface area (Å²) in [6, 6.07) is 7.07. The van der Waals surface area contributed by atoms with E-state index < -0.39 is 0 Å². The molecule has 1 aromatic carbocycles. The van der Waals surface area contributed by atoms with E-state index in [-0.39, 0.29) is 11.2 Å². The van der Waals surface area contributed by atoms with Crippen molar-refractivity contribution < 1.29 is 4.39 Å². The van der Waals surface area contributed by atoms with Gasteiger partial charge in [0.2, 0.25) is 0 Å². The van der Waals surface area contributed by atoms with Gasteiger partial charge in [-0.1, -0.05) is 31.4 Å². The third-order valence-corrected chi connectivity index (χ3v) is 4.30. The number of hydrogen-bond acceptors (Lipinski definition) is 1.